The molecule has 0 heterocycles. The Morgan fingerprint density at radius 1 is 0.469 bits per heavy atom. The second-order valence-corrected chi connectivity index (χ2v) is 17.6. The van der Waals surface area contributed by atoms with Gasteiger partial charge in [0.25, 0.3) is 0 Å². The minimum absolute atomic E-state index is 0.00821. The molecule has 0 saturated carbocycles. The van der Waals surface area contributed by atoms with Gasteiger partial charge in [-0.3, -0.25) is 14.4 Å². The third-order valence-electron chi connectivity index (χ3n) is 7.74. The van der Waals surface area contributed by atoms with Crippen molar-refractivity contribution < 1.29 is 66.7 Å². The third kappa shape index (κ3) is 32.3. The molecule has 0 bridgehead atoms. The first-order valence-corrected chi connectivity index (χ1v) is 21.4. The Labute approximate surface area is 377 Å². The zero-order chi connectivity index (χ0) is 48.1. The predicted molar refractivity (Wildman–Crippen MR) is 235 cm³/mol. The number of alkyl carbamates (subject to hydrolysis) is 4. The molecule has 0 aliphatic carbocycles. The van der Waals surface area contributed by atoms with Crippen molar-refractivity contribution in [3.8, 4) is 0 Å². The van der Waals surface area contributed by atoms with Crippen molar-refractivity contribution >= 4 is 42.1 Å². The van der Waals surface area contributed by atoms with Gasteiger partial charge in [-0.15, -0.1) is 0 Å². The topological polar surface area (TPSA) is 268 Å². The molecular formula is C43H73N7O14. The molecule has 0 aliphatic heterocycles. The molecule has 7 amide bonds. The SMILES string of the molecule is CC(C)(C)OC(=O)NCCCNC(=O)CCOCC(COCCC(=O)NCCCNC(=O)OC(C)(C)C)(COCNC(=O)CCNC(=O)OC(C)(C)C)NC(=O)OCc1ccccc1. The number of carbonyl (C=O) groups excluding carboxylic acids is 7. The van der Waals surface area contributed by atoms with Gasteiger partial charge in [0, 0.05) is 52.0 Å². The molecule has 21 nitrogen and oxygen atoms in total. The molecule has 21 heteroatoms. The number of nitrogens with one attached hydrogen (secondary N) is 7. The van der Waals surface area contributed by atoms with Gasteiger partial charge in [0.2, 0.25) is 17.7 Å². The molecule has 0 unspecified atom stereocenters. The van der Waals surface area contributed by atoms with Crippen molar-refractivity contribution in [1.29, 1.82) is 0 Å². The fraction of sp³-hybridized carbons (Fsp3) is 0.698. The number of ether oxygens (including phenoxy) is 7. The van der Waals surface area contributed by atoms with Crippen LogP contribution in [0.1, 0.15) is 100.0 Å². The predicted octanol–water partition coefficient (Wildman–Crippen LogP) is 3.53. The summed E-state index contributed by atoms with van der Waals surface area (Å²) in [6.07, 6.45) is -1.87. The molecule has 0 aromatic heterocycles. The first kappa shape index (κ1) is 56.6. The summed E-state index contributed by atoms with van der Waals surface area (Å²) in [5, 5.41) is 18.6. The zero-order valence-electron chi connectivity index (χ0n) is 39.1. The Hall–Kier alpha value is -5.41. The van der Waals surface area contributed by atoms with Crippen LogP contribution in [-0.2, 0) is 54.1 Å². The average molecular weight is 912 g/mol. The third-order valence-corrected chi connectivity index (χ3v) is 7.74. The maximum absolute atomic E-state index is 13.3. The number of benzene rings is 1. The van der Waals surface area contributed by atoms with E-state index in [0.29, 0.717) is 25.9 Å². The van der Waals surface area contributed by atoms with Gasteiger partial charge in [-0.1, -0.05) is 30.3 Å². The summed E-state index contributed by atoms with van der Waals surface area (Å²) in [5.74, 6) is -1.08. The smallest absolute Gasteiger partial charge is 0.408 e. The molecule has 1 rings (SSSR count). The Morgan fingerprint density at radius 3 is 1.33 bits per heavy atom. The van der Waals surface area contributed by atoms with Gasteiger partial charge < -0.3 is 70.4 Å². The maximum atomic E-state index is 13.3. The van der Waals surface area contributed by atoms with E-state index >= 15 is 0 Å². The number of carbonyl (C=O) groups is 7. The molecule has 0 atom stereocenters. The summed E-state index contributed by atoms with van der Waals surface area (Å²) in [4.78, 5) is 86.6. The summed E-state index contributed by atoms with van der Waals surface area (Å²) in [7, 11) is 0. The summed E-state index contributed by atoms with van der Waals surface area (Å²) in [5.41, 5.74) is -2.69. The number of hydrogen-bond donors (Lipinski definition) is 7. The van der Waals surface area contributed by atoms with Crippen molar-refractivity contribution in [2.75, 3.05) is 72.5 Å². The van der Waals surface area contributed by atoms with Crippen molar-refractivity contribution in [3.05, 3.63) is 35.9 Å². The van der Waals surface area contributed by atoms with Crippen LogP contribution in [0.5, 0.6) is 0 Å². The summed E-state index contributed by atoms with van der Waals surface area (Å²) < 4.78 is 38.7. The normalized spacial score (nSPS) is 11.6. The lowest BCUT2D eigenvalue weighted by Crippen LogP contribution is -2.59. The standard InChI is InChI=1S/C43H73N7O14/c1-40(2,3)62-36(54)46-22-13-20-44-34(52)18-25-58-28-43(50-39(57)61-27-32-15-11-10-12-16-32,30-60-31-49-33(51)17-24-48-38(56)64-42(7,8)9)29-59-26-19-35(53)45-21-14-23-47-37(55)63-41(4,5)6/h10-12,15-16H,13-14,17-31H2,1-9H3,(H,44,52)(H,45,53)(H,46,54)(H,47,55)(H,48,56)(H,49,51)(H,50,57). The van der Waals surface area contributed by atoms with E-state index in [0.717, 1.165) is 5.56 Å². The highest BCUT2D eigenvalue weighted by atomic mass is 16.6. The van der Waals surface area contributed by atoms with Gasteiger partial charge in [0.05, 0.1) is 33.0 Å². The van der Waals surface area contributed by atoms with Crippen molar-refractivity contribution in [3.63, 3.8) is 0 Å². The monoisotopic (exact) mass is 912 g/mol. The quantitative estimate of drug-likeness (QED) is 0.0360. The van der Waals surface area contributed by atoms with Crippen LogP contribution in [-0.4, -0.2) is 137 Å². The summed E-state index contributed by atoms with van der Waals surface area (Å²) in [6, 6.07) is 8.99. The van der Waals surface area contributed by atoms with Crippen molar-refractivity contribution in [1.82, 2.24) is 37.2 Å². The molecule has 64 heavy (non-hydrogen) atoms. The molecule has 1 aromatic rings. The Bertz CT molecular complexity index is 1520. The second kappa shape index (κ2) is 29.9. The lowest BCUT2D eigenvalue weighted by atomic mass is 10.0. The summed E-state index contributed by atoms with van der Waals surface area (Å²) >= 11 is 0. The highest BCUT2D eigenvalue weighted by Crippen LogP contribution is 2.12. The van der Waals surface area contributed by atoms with E-state index in [2.05, 4.69) is 37.2 Å². The van der Waals surface area contributed by atoms with E-state index in [1.807, 2.05) is 6.07 Å². The van der Waals surface area contributed by atoms with Crippen LogP contribution in [0.15, 0.2) is 30.3 Å². The lowest BCUT2D eigenvalue weighted by molar-refractivity contribution is -0.123. The van der Waals surface area contributed by atoms with E-state index in [1.54, 1.807) is 86.6 Å². The lowest BCUT2D eigenvalue weighted by Gasteiger charge is -2.33. The van der Waals surface area contributed by atoms with E-state index in [4.69, 9.17) is 33.2 Å². The first-order valence-electron chi connectivity index (χ1n) is 21.4. The van der Waals surface area contributed by atoms with E-state index in [1.165, 1.54) is 0 Å². The summed E-state index contributed by atoms with van der Waals surface area (Å²) in [6.45, 7) is 15.6. The molecule has 0 radical (unpaired) electrons. The van der Waals surface area contributed by atoms with Gasteiger partial charge in [-0.25, -0.2) is 19.2 Å². The molecule has 0 aliphatic rings. The van der Waals surface area contributed by atoms with Crippen LogP contribution in [0.4, 0.5) is 19.2 Å². The number of hydrogen-bond acceptors (Lipinski definition) is 14. The van der Waals surface area contributed by atoms with Gasteiger partial charge >= 0.3 is 24.4 Å². The van der Waals surface area contributed by atoms with Crippen molar-refractivity contribution in [2.24, 2.45) is 0 Å². The Kier molecular flexibility index (Phi) is 26.4. The largest absolute Gasteiger partial charge is 0.445 e. The van der Waals surface area contributed by atoms with Crippen molar-refractivity contribution in [2.45, 2.75) is 123 Å². The number of amides is 7. The van der Waals surface area contributed by atoms with E-state index < -0.39 is 52.6 Å². The van der Waals surface area contributed by atoms with Crippen LogP contribution in [0.2, 0.25) is 0 Å². The second-order valence-electron chi connectivity index (χ2n) is 17.6. The van der Waals surface area contributed by atoms with E-state index in [-0.39, 0.29) is 97.1 Å². The van der Waals surface area contributed by atoms with Crippen LogP contribution in [0, 0.1) is 0 Å². The number of rotatable bonds is 28. The molecule has 1 aromatic carbocycles. The molecule has 0 fully saturated rings. The first-order chi connectivity index (χ1) is 30.0. The van der Waals surface area contributed by atoms with Gasteiger partial charge in [-0.05, 0) is 80.7 Å². The fourth-order valence-electron chi connectivity index (χ4n) is 4.95. The van der Waals surface area contributed by atoms with Crippen LogP contribution in [0.3, 0.4) is 0 Å². The molecule has 7 N–H and O–H groups in total. The Balaban J connectivity index is 2.91. The van der Waals surface area contributed by atoms with Gasteiger partial charge in [-0.2, -0.15) is 0 Å². The maximum Gasteiger partial charge on any atom is 0.408 e. The van der Waals surface area contributed by atoms with Crippen LogP contribution < -0.4 is 37.2 Å². The average Bonchev–Trinajstić information content (AvgIpc) is 3.17. The van der Waals surface area contributed by atoms with Crippen LogP contribution >= 0.6 is 0 Å². The van der Waals surface area contributed by atoms with Gasteiger partial charge in [0.1, 0.15) is 35.7 Å². The minimum atomic E-state index is -1.45. The molecule has 0 spiro atoms. The van der Waals surface area contributed by atoms with Crippen LogP contribution in [0.25, 0.3) is 0 Å². The molecular weight excluding hydrogens is 839 g/mol. The molecule has 364 valence electrons. The zero-order valence-corrected chi connectivity index (χ0v) is 39.1. The minimum Gasteiger partial charge on any atom is -0.445 e. The highest BCUT2D eigenvalue weighted by molar-refractivity contribution is 5.77. The highest BCUT2D eigenvalue weighted by Gasteiger charge is 2.35. The fourth-order valence-corrected chi connectivity index (χ4v) is 4.95. The Morgan fingerprint density at radius 2 is 0.875 bits per heavy atom. The van der Waals surface area contributed by atoms with Gasteiger partial charge in [0.15, 0.2) is 0 Å². The molecule has 0 saturated heterocycles. The van der Waals surface area contributed by atoms with E-state index in [9.17, 15) is 33.6 Å².